The summed E-state index contributed by atoms with van der Waals surface area (Å²) >= 11 is 1.62. The molecule has 1 N–H and O–H groups in total. The summed E-state index contributed by atoms with van der Waals surface area (Å²) in [5.74, 6) is 1.30. The topological polar surface area (TPSA) is 66.2 Å². The van der Waals surface area contributed by atoms with Gasteiger partial charge in [-0.15, -0.1) is 11.3 Å². The van der Waals surface area contributed by atoms with Gasteiger partial charge in [-0.3, -0.25) is 9.69 Å². The van der Waals surface area contributed by atoms with Crippen molar-refractivity contribution < 1.29 is 19.1 Å². The molecule has 160 valence electrons. The molecule has 7 heteroatoms. The number of hydrogen-bond donors (Lipinski definition) is 1. The van der Waals surface area contributed by atoms with Gasteiger partial charge in [-0.25, -0.2) is 0 Å². The molecule has 3 aliphatic heterocycles. The summed E-state index contributed by atoms with van der Waals surface area (Å²) in [7, 11) is 0. The zero-order valence-electron chi connectivity index (χ0n) is 17.2. The molecule has 1 spiro atoms. The molecule has 1 amide bonds. The third-order valence-electron chi connectivity index (χ3n) is 6.74. The van der Waals surface area contributed by atoms with E-state index in [1.807, 2.05) is 34.5 Å². The van der Waals surface area contributed by atoms with Gasteiger partial charge in [-0.05, 0) is 36.6 Å². The summed E-state index contributed by atoms with van der Waals surface area (Å²) in [5, 5.41) is 12.1. The highest BCUT2D eigenvalue weighted by Gasteiger charge is 2.62. The van der Waals surface area contributed by atoms with E-state index in [4.69, 9.17) is 9.15 Å². The number of nitrogens with zero attached hydrogens (tertiary/aromatic N) is 2. The van der Waals surface area contributed by atoms with Crippen LogP contribution in [-0.2, 0) is 16.0 Å². The third-order valence-corrected chi connectivity index (χ3v) is 7.61. The minimum atomic E-state index is -0.369. The zero-order chi connectivity index (χ0) is 20.7. The van der Waals surface area contributed by atoms with Gasteiger partial charge in [0.1, 0.15) is 11.4 Å². The van der Waals surface area contributed by atoms with Crippen molar-refractivity contribution in [1.82, 2.24) is 9.80 Å². The van der Waals surface area contributed by atoms with Crippen molar-refractivity contribution in [2.24, 2.45) is 11.8 Å². The van der Waals surface area contributed by atoms with E-state index in [1.165, 1.54) is 5.57 Å². The Hall–Kier alpha value is -1.93. The van der Waals surface area contributed by atoms with Crippen molar-refractivity contribution in [3.05, 3.63) is 52.1 Å². The van der Waals surface area contributed by atoms with Gasteiger partial charge >= 0.3 is 0 Å². The number of ether oxygens (including phenoxy) is 1. The maximum atomic E-state index is 12.9. The number of carbonyl (C=O) groups is 1. The fourth-order valence-corrected chi connectivity index (χ4v) is 6.22. The van der Waals surface area contributed by atoms with Crippen LogP contribution in [0.5, 0.6) is 0 Å². The monoisotopic (exact) mass is 428 g/mol. The molecule has 0 saturated carbocycles. The molecule has 2 bridgehead atoms. The Balaban J connectivity index is 1.30. The van der Waals surface area contributed by atoms with Crippen LogP contribution in [0.2, 0.25) is 0 Å². The highest BCUT2D eigenvalue weighted by Crippen LogP contribution is 2.49. The first-order chi connectivity index (χ1) is 14.6. The number of carbonyl (C=O) groups excluding carboxylic acids is 1. The summed E-state index contributed by atoms with van der Waals surface area (Å²) in [6.45, 7) is 5.96. The minimum absolute atomic E-state index is 0.0275. The van der Waals surface area contributed by atoms with Crippen LogP contribution < -0.4 is 0 Å². The molecule has 2 aromatic heterocycles. The molecular weight excluding hydrogens is 400 g/mol. The van der Waals surface area contributed by atoms with Gasteiger partial charge in [-0.2, -0.15) is 0 Å². The number of rotatable bonds is 6. The number of aliphatic hydroxyl groups is 1. The molecule has 6 nitrogen and oxygen atoms in total. The summed E-state index contributed by atoms with van der Waals surface area (Å²) in [5.41, 5.74) is 0.857. The van der Waals surface area contributed by atoms with Crippen molar-refractivity contribution in [3.63, 3.8) is 0 Å². The fourth-order valence-electron chi connectivity index (χ4n) is 5.53. The quantitative estimate of drug-likeness (QED) is 0.766. The van der Waals surface area contributed by atoms with E-state index in [0.29, 0.717) is 19.5 Å². The van der Waals surface area contributed by atoms with Gasteiger partial charge in [0.25, 0.3) is 0 Å². The zero-order valence-corrected chi connectivity index (χ0v) is 18.0. The number of thiophene rings is 1. The van der Waals surface area contributed by atoms with E-state index in [9.17, 15) is 9.90 Å². The van der Waals surface area contributed by atoms with Crippen molar-refractivity contribution >= 4 is 23.3 Å². The molecule has 4 atom stereocenters. The number of likely N-dealkylation sites (tertiary alicyclic amines) is 2. The van der Waals surface area contributed by atoms with Crippen molar-refractivity contribution in [3.8, 4) is 0 Å². The van der Waals surface area contributed by atoms with Crippen LogP contribution in [0.15, 0.2) is 45.9 Å². The van der Waals surface area contributed by atoms with E-state index >= 15 is 0 Å². The Morgan fingerprint density at radius 1 is 1.33 bits per heavy atom. The van der Waals surface area contributed by atoms with Crippen molar-refractivity contribution in [2.45, 2.75) is 25.0 Å². The largest absolute Gasteiger partial charge is 0.465 e. The van der Waals surface area contributed by atoms with Crippen LogP contribution >= 0.6 is 11.3 Å². The first kappa shape index (κ1) is 20.0. The summed E-state index contributed by atoms with van der Waals surface area (Å²) in [6.07, 6.45) is 4.23. The van der Waals surface area contributed by atoms with Gasteiger partial charge in [0, 0.05) is 49.5 Å². The molecule has 0 aromatic carbocycles. The van der Waals surface area contributed by atoms with Crippen molar-refractivity contribution in [2.75, 3.05) is 39.3 Å². The maximum absolute atomic E-state index is 12.9. The molecule has 3 fully saturated rings. The second kappa shape index (κ2) is 7.96. The van der Waals surface area contributed by atoms with E-state index < -0.39 is 0 Å². The van der Waals surface area contributed by atoms with Gasteiger partial charge in [0.05, 0.1) is 25.3 Å². The average Bonchev–Trinajstić information content (AvgIpc) is 3.47. The Bertz CT molecular complexity index is 910. The molecule has 2 aromatic rings. The van der Waals surface area contributed by atoms with Crippen LogP contribution in [0.1, 0.15) is 17.6 Å². The molecule has 30 heavy (non-hydrogen) atoms. The van der Waals surface area contributed by atoms with Crippen molar-refractivity contribution in [1.29, 1.82) is 0 Å². The second-order valence-electron chi connectivity index (χ2n) is 8.88. The predicted molar refractivity (Wildman–Crippen MR) is 115 cm³/mol. The van der Waals surface area contributed by atoms with E-state index in [1.54, 1.807) is 17.6 Å². The third kappa shape index (κ3) is 3.64. The summed E-state index contributed by atoms with van der Waals surface area (Å²) in [4.78, 5) is 18.4. The molecule has 0 unspecified atom stereocenters. The Morgan fingerprint density at radius 2 is 2.23 bits per heavy atom. The number of fused-ring (bicyclic) bond motifs is 1. The lowest BCUT2D eigenvalue weighted by atomic mass is 9.83. The Kier molecular flexibility index (Phi) is 5.31. The van der Waals surface area contributed by atoms with Gasteiger partial charge < -0.3 is 19.2 Å². The molecule has 0 aliphatic carbocycles. The highest BCUT2D eigenvalue weighted by atomic mass is 32.1. The first-order valence-electron chi connectivity index (χ1n) is 10.6. The van der Waals surface area contributed by atoms with E-state index in [2.05, 4.69) is 17.9 Å². The number of hydrogen-bond acceptors (Lipinski definition) is 6. The fraction of sp³-hybridized carbons (Fsp3) is 0.522. The van der Waals surface area contributed by atoms with Crippen LogP contribution in [-0.4, -0.2) is 71.8 Å². The standard InChI is InChI=1S/C23H28N2O4S/c1-16(8-17-4-2-6-28-17)10-24-12-21-19(13-26)20-11-25(15-23(20,14-24)29-21)22(27)9-18-5-3-7-30-18/h2-8,19-21,26H,9-15H2,1H3/b16-8+/t19-,20+,21+,23+/m0/s1. The van der Waals surface area contributed by atoms with Gasteiger partial charge in [0.2, 0.25) is 5.91 Å². The van der Waals surface area contributed by atoms with Crippen LogP contribution in [0.3, 0.4) is 0 Å². The number of aliphatic hydroxyl groups excluding tert-OH is 1. The smallest absolute Gasteiger partial charge is 0.227 e. The molecular formula is C23H28N2O4S. The van der Waals surface area contributed by atoms with Crippen LogP contribution in [0.4, 0.5) is 0 Å². The van der Waals surface area contributed by atoms with E-state index in [0.717, 1.165) is 30.3 Å². The van der Waals surface area contributed by atoms with E-state index in [-0.39, 0.29) is 36.1 Å². The lowest BCUT2D eigenvalue weighted by Gasteiger charge is -2.40. The SMILES string of the molecule is C/C(=C\c1ccco1)CN1C[C@H]2O[C@]3(C1)CN(C(=O)Cc1cccs1)C[C@@H]3[C@@H]2CO. The van der Waals surface area contributed by atoms with Crippen LogP contribution in [0.25, 0.3) is 6.08 Å². The number of morpholine rings is 1. The maximum Gasteiger partial charge on any atom is 0.227 e. The Labute approximate surface area is 180 Å². The minimum Gasteiger partial charge on any atom is -0.465 e. The normalized spacial score (nSPS) is 31.3. The molecule has 3 saturated heterocycles. The highest BCUT2D eigenvalue weighted by molar-refractivity contribution is 7.10. The Morgan fingerprint density at radius 3 is 2.97 bits per heavy atom. The molecule has 5 rings (SSSR count). The van der Waals surface area contributed by atoms with Gasteiger partial charge in [0.15, 0.2) is 0 Å². The second-order valence-corrected chi connectivity index (χ2v) is 9.91. The number of amides is 1. The summed E-state index contributed by atoms with van der Waals surface area (Å²) < 4.78 is 12.0. The van der Waals surface area contributed by atoms with Gasteiger partial charge in [-0.1, -0.05) is 11.6 Å². The molecule has 5 heterocycles. The van der Waals surface area contributed by atoms with Crippen LogP contribution in [0, 0.1) is 11.8 Å². The predicted octanol–water partition coefficient (Wildman–Crippen LogP) is 2.51. The molecule has 0 radical (unpaired) electrons. The number of furan rings is 1. The average molecular weight is 429 g/mol. The lowest BCUT2D eigenvalue weighted by Crippen LogP contribution is -2.54. The summed E-state index contributed by atoms with van der Waals surface area (Å²) in [6, 6.07) is 7.84. The first-order valence-corrected chi connectivity index (χ1v) is 11.5. The molecule has 3 aliphatic rings. The lowest BCUT2D eigenvalue weighted by molar-refractivity contribution is -0.137.